The van der Waals surface area contributed by atoms with E-state index in [9.17, 15) is 4.39 Å². The molecule has 5 rings (SSSR count). The van der Waals surface area contributed by atoms with Gasteiger partial charge in [0, 0.05) is 31.7 Å². The number of halogens is 1. The minimum atomic E-state index is -0.267. The Morgan fingerprint density at radius 2 is 1.97 bits per heavy atom. The van der Waals surface area contributed by atoms with Gasteiger partial charge in [-0.3, -0.25) is 4.90 Å². The molecule has 1 aliphatic rings. The molecule has 2 aromatic carbocycles. The average Bonchev–Trinajstić information content (AvgIpc) is 3.32. The largest absolute Gasteiger partial charge is 0.341 e. The number of hydrogen-bond donors (Lipinski definition) is 1. The molecule has 0 saturated carbocycles. The van der Waals surface area contributed by atoms with Gasteiger partial charge in [0.25, 0.3) is 0 Å². The smallest absolute Gasteiger partial charge is 0.241 e. The molecule has 8 heteroatoms. The summed E-state index contributed by atoms with van der Waals surface area (Å²) in [5.74, 6) is 1.61. The van der Waals surface area contributed by atoms with E-state index in [4.69, 9.17) is 9.51 Å². The lowest BCUT2D eigenvalue weighted by molar-refractivity contribution is 0.239. The zero-order valence-electron chi connectivity index (χ0n) is 16.8. The molecule has 3 heterocycles. The number of imidazole rings is 1. The maximum Gasteiger partial charge on any atom is 0.241 e. The van der Waals surface area contributed by atoms with Gasteiger partial charge in [-0.2, -0.15) is 4.98 Å². The first kappa shape index (κ1) is 18.7. The summed E-state index contributed by atoms with van der Waals surface area (Å²) in [6.07, 6.45) is 1.02. The number of nitrogens with zero attached hydrogens (tertiary/aromatic N) is 5. The average molecular weight is 406 g/mol. The third-order valence-electron chi connectivity index (χ3n) is 5.52. The van der Waals surface area contributed by atoms with Crippen molar-refractivity contribution in [2.75, 3.05) is 31.1 Å². The van der Waals surface area contributed by atoms with Crippen LogP contribution in [0.1, 0.15) is 17.9 Å². The van der Waals surface area contributed by atoms with Gasteiger partial charge >= 0.3 is 0 Å². The van der Waals surface area contributed by atoms with E-state index in [1.807, 2.05) is 30.3 Å². The summed E-state index contributed by atoms with van der Waals surface area (Å²) in [7, 11) is 0. The molecule has 0 spiro atoms. The van der Waals surface area contributed by atoms with Gasteiger partial charge in [-0.05, 0) is 37.1 Å². The number of hydrogen-bond acceptors (Lipinski definition) is 6. The van der Waals surface area contributed by atoms with Crippen LogP contribution in [0.15, 0.2) is 47.0 Å². The third-order valence-corrected chi connectivity index (χ3v) is 5.52. The zero-order valence-corrected chi connectivity index (χ0v) is 16.8. The van der Waals surface area contributed by atoms with Gasteiger partial charge in [-0.25, -0.2) is 9.37 Å². The van der Waals surface area contributed by atoms with Crippen molar-refractivity contribution in [3.05, 3.63) is 59.7 Å². The topological polar surface area (TPSA) is 74.1 Å². The molecule has 154 valence electrons. The fraction of sp³-hybridized carbons (Fsp3) is 0.318. The second-order valence-electron chi connectivity index (χ2n) is 7.67. The van der Waals surface area contributed by atoms with Gasteiger partial charge in [0.05, 0.1) is 17.6 Å². The van der Waals surface area contributed by atoms with Crippen molar-refractivity contribution < 1.29 is 8.91 Å². The van der Waals surface area contributed by atoms with Gasteiger partial charge in [-0.1, -0.05) is 29.4 Å². The van der Waals surface area contributed by atoms with Crippen molar-refractivity contribution in [2.45, 2.75) is 19.9 Å². The number of nitrogens with one attached hydrogen (secondary N) is 1. The number of H-pyrrole nitrogens is 1. The van der Waals surface area contributed by atoms with E-state index in [1.165, 1.54) is 6.07 Å². The summed E-state index contributed by atoms with van der Waals surface area (Å²) in [6, 6.07) is 13.1. The van der Waals surface area contributed by atoms with Gasteiger partial charge in [0.2, 0.25) is 17.7 Å². The van der Waals surface area contributed by atoms with Gasteiger partial charge < -0.3 is 14.4 Å². The Balaban J connectivity index is 1.24. The van der Waals surface area contributed by atoms with Gasteiger partial charge in [0.1, 0.15) is 5.82 Å². The molecule has 0 amide bonds. The van der Waals surface area contributed by atoms with Crippen molar-refractivity contribution in [1.29, 1.82) is 0 Å². The second-order valence-corrected chi connectivity index (χ2v) is 7.67. The first-order valence-electron chi connectivity index (χ1n) is 10.2. The Morgan fingerprint density at radius 1 is 1.07 bits per heavy atom. The summed E-state index contributed by atoms with van der Waals surface area (Å²) in [4.78, 5) is 17.2. The number of fused-ring (bicyclic) bond motifs is 1. The second kappa shape index (κ2) is 7.87. The molecule has 0 aliphatic carbocycles. The first-order valence-corrected chi connectivity index (χ1v) is 10.2. The quantitative estimate of drug-likeness (QED) is 0.556. The fourth-order valence-electron chi connectivity index (χ4n) is 3.79. The van der Waals surface area contributed by atoms with E-state index in [-0.39, 0.29) is 5.82 Å². The van der Waals surface area contributed by atoms with E-state index < -0.39 is 0 Å². The van der Waals surface area contributed by atoms with E-state index >= 15 is 0 Å². The van der Waals surface area contributed by atoms with Crippen molar-refractivity contribution in [3.63, 3.8) is 0 Å². The number of rotatable bonds is 4. The molecular formula is C22H23FN6O. The highest BCUT2D eigenvalue weighted by molar-refractivity contribution is 5.77. The van der Waals surface area contributed by atoms with Crippen LogP contribution in [-0.4, -0.2) is 51.2 Å². The summed E-state index contributed by atoms with van der Waals surface area (Å²) in [5, 5.41) is 4.03. The molecule has 0 atom stereocenters. The van der Waals surface area contributed by atoms with E-state index in [0.717, 1.165) is 49.6 Å². The van der Waals surface area contributed by atoms with Gasteiger partial charge in [0.15, 0.2) is 0 Å². The monoisotopic (exact) mass is 406 g/mol. The number of aromatic amines is 1. The van der Waals surface area contributed by atoms with Crippen LogP contribution < -0.4 is 4.90 Å². The van der Waals surface area contributed by atoms with Crippen LogP contribution in [-0.2, 0) is 6.54 Å². The SMILES string of the molecule is Cc1ccc(-c2noc(CN3CCCN(c4nc5ccccc5[nH]4)CC3)n2)cc1F. The molecule has 0 unspecified atom stereocenters. The Kier molecular flexibility index (Phi) is 4.92. The highest BCUT2D eigenvalue weighted by atomic mass is 19.1. The predicted molar refractivity (Wildman–Crippen MR) is 113 cm³/mol. The number of para-hydroxylation sites is 2. The van der Waals surface area contributed by atoms with E-state index in [2.05, 4.69) is 24.9 Å². The Bertz CT molecular complexity index is 1140. The summed E-state index contributed by atoms with van der Waals surface area (Å²) >= 11 is 0. The molecule has 1 aliphatic heterocycles. The molecule has 1 fully saturated rings. The van der Waals surface area contributed by atoms with Crippen molar-refractivity contribution in [3.8, 4) is 11.4 Å². The minimum Gasteiger partial charge on any atom is -0.341 e. The van der Waals surface area contributed by atoms with Gasteiger partial charge in [-0.15, -0.1) is 0 Å². The molecule has 7 nitrogen and oxygen atoms in total. The number of anilines is 1. The van der Waals surface area contributed by atoms with Crippen LogP contribution in [0.25, 0.3) is 22.4 Å². The Labute approximate surface area is 173 Å². The molecular weight excluding hydrogens is 383 g/mol. The van der Waals surface area contributed by atoms with Crippen LogP contribution in [0.5, 0.6) is 0 Å². The Morgan fingerprint density at radius 3 is 2.83 bits per heavy atom. The van der Waals surface area contributed by atoms with Crippen LogP contribution in [0.2, 0.25) is 0 Å². The number of aryl methyl sites for hydroxylation is 1. The van der Waals surface area contributed by atoms with Crippen LogP contribution in [0.4, 0.5) is 10.3 Å². The van der Waals surface area contributed by atoms with E-state index in [0.29, 0.717) is 29.4 Å². The fourth-order valence-corrected chi connectivity index (χ4v) is 3.79. The van der Waals surface area contributed by atoms with E-state index in [1.54, 1.807) is 13.0 Å². The standard InChI is InChI=1S/C22H23FN6O/c1-15-7-8-16(13-17(15)23)21-26-20(30-27-21)14-28-9-4-10-29(12-11-28)22-24-18-5-2-3-6-19(18)25-22/h2-3,5-8,13H,4,9-12,14H2,1H3,(H,24,25). The normalized spacial score (nSPS) is 15.6. The van der Waals surface area contributed by atoms with Crippen molar-refractivity contribution >= 4 is 17.0 Å². The van der Waals surface area contributed by atoms with Crippen molar-refractivity contribution in [1.82, 2.24) is 25.0 Å². The maximum atomic E-state index is 13.8. The zero-order chi connectivity index (χ0) is 20.5. The molecule has 30 heavy (non-hydrogen) atoms. The summed E-state index contributed by atoms with van der Waals surface area (Å²) in [6.45, 7) is 5.92. The number of benzene rings is 2. The Hall–Kier alpha value is -3.26. The molecule has 0 radical (unpaired) electrons. The highest BCUT2D eigenvalue weighted by Gasteiger charge is 2.20. The molecule has 1 N–H and O–H groups in total. The molecule has 0 bridgehead atoms. The number of aromatic nitrogens is 4. The molecule has 2 aromatic heterocycles. The van der Waals surface area contributed by atoms with Crippen LogP contribution >= 0.6 is 0 Å². The maximum absolute atomic E-state index is 13.8. The summed E-state index contributed by atoms with van der Waals surface area (Å²) < 4.78 is 19.3. The molecule has 1 saturated heterocycles. The van der Waals surface area contributed by atoms with Crippen LogP contribution in [0, 0.1) is 12.7 Å². The third kappa shape index (κ3) is 3.78. The summed E-state index contributed by atoms with van der Waals surface area (Å²) in [5.41, 5.74) is 3.26. The van der Waals surface area contributed by atoms with Crippen LogP contribution in [0.3, 0.4) is 0 Å². The minimum absolute atomic E-state index is 0.267. The first-order chi connectivity index (χ1) is 14.7. The lowest BCUT2D eigenvalue weighted by Gasteiger charge is -2.20. The lowest BCUT2D eigenvalue weighted by atomic mass is 10.1. The molecule has 4 aromatic rings. The predicted octanol–water partition coefficient (Wildman–Crippen LogP) is 3.77. The van der Waals surface area contributed by atoms with Crippen molar-refractivity contribution in [2.24, 2.45) is 0 Å². The highest BCUT2D eigenvalue weighted by Crippen LogP contribution is 2.21. The lowest BCUT2D eigenvalue weighted by Crippen LogP contribution is -2.31.